The Morgan fingerprint density at radius 3 is 2.64 bits per heavy atom. The summed E-state index contributed by atoms with van der Waals surface area (Å²) in [6.07, 6.45) is 0.621. The smallest absolute Gasteiger partial charge is 0.145 e. The lowest BCUT2D eigenvalue weighted by molar-refractivity contribution is 0.211. The van der Waals surface area contributed by atoms with Crippen LogP contribution >= 0.6 is 0 Å². The first kappa shape index (κ1) is 8.72. The molecule has 64 valence electrons. The predicted octanol–water partition coefficient (Wildman–Crippen LogP) is 2.00. The third-order valence-corrected chi connectivity index (χ3v) is 2.51. The van der Waals surface area contributed by atoms with Gasteiger partial charge in [0.2, 0.25) is 0 Å². The van der Waals surface area contributed by atoms with Gasteiger partial charge in [-0.3, -0.25) is 4.90 Å². The molecular formula is C9H16FN. The van der Waals surface area contributed by atoms with Crippen molar-refractivity contribution >= 4 is 0 Å². The van der Waals surface area contributed by atoms with E-state index in [2.05, 4.69) is 18.4 Å². The van der Waals surface area contributed by atoms with Crippen molar-refractivity contribution in [2.75, 3.05) is 19.6 Å². The molecule has 0 radical (unpaired) electrons. The SMILES string of the molecule is C=C(C)C1(F)CCN(CC)C1. The molecule has 1 unspecified atom stereocenters. The Labute approximate surface area is 67.9 Å². The van der Waals surface area contributed by atoms with E-state index >= 15 is 0 Å². The first-order chi connectivity index (χ1) is 5.08. The zero-order chi connectivity index (χ0) is 8.48. The molecule has 2 heteroatoms. The van der Waals surface area contributed by atoms with Gasteiger partial charge in [-0.15, -0.1) is 0 Å². The molecular weight excluding hydrogens is 141 g/mol. The topological polar surface area (TPSA) is 3.24 Å². The van der Waals surface area contributed by atoms with Crippen molar-refractivity contribution in [2.45, 2.75) is 25.9 Å². The second-order valence-corrected chi connectivity index (χ2v) is 3.36. The summed E-state index contributed by atoms with van der Waals surface area (Å²) in [4.78, 5) is 2.12. The van der Waals surface area contributed by atoms with E-state index in [4.69, 9.17) is 0 Å². The number of nitrogens with zero attached hydrogens (tertiary/aromatic N) is 1. The fraction of sp³-hybridized carbons (Fsp3) is 0.778. The molecule has 1 fully saturated rings. The molecule has 0 aromatic rings. The number of halogens is 1. The van der Waals surface area contributed by atoms with Gasteiger partial charge in [-0.1, -0.05) is 13.5 Å². The number of hydrogen-bond acceptors (Lipinski definition) is 1. The molecule has 1 aliphatic rings. The number of rotatable bonds is 2. The van der Waals surface area contributed by atoms with E-state index in [9.17, 15) is 4.39 Å². The van der Waals surface area contributed by atoms with Gasteiger partial charge in [0.25, 0.3) is 0 Å². The van der Waals surface area contributed by atoms with Gasteiger partial charge >= 0.3 is 0 Å². The molecule has 1 saturated heterocycles. The van der Waals surface area contributed by atoms with E-state index in [1.165, 1.54) is 0 Å². The maximum atomic E-state index is 13.7. The molecule has 1 rings (SSSR count). The first-order valence-corrected chi connectivity index (χ1v) is 4.16. The maximum Gasteiger partial charge on any atom is 0.145 e. The quantitative estimate of drug-likeness (QED) is 0.554. The third-order valence-electron chi connectivity index (χ3n) is 2.51. The van der Waals surface area contributed by atoms with Crippen LogP contribution in [0.15, 0.2) is 12.2 Å². The zero-order valence-corrected chi connectivity index (χ0v) is 7.36. The van der Waals surface area contributed by atoms with Gasteiger partial charge in [-0.2, -0.15) is 0 Å². The van der Waals surface area contributed by atoms with E-state index in [-0.39, 0.29) is 0 Å². The van der Waals surface area contributed by atoms with Crippen LogP contribution in [-0.2, 0) is 0 Å². The molecule has 0 saturated carbocycles. The molecule has 0 N–H and O–H groups in total. The lowest BCUT2D eigenvalue weighted by Gasteiger charge is -2.19. The van der Waals surface area contributed by atoms with Crippen LogP contribution in [0.3, 0.4) is 0 Å². The van der Waals surface area contributed by atoms with Crippen molar-refractivity contribution in [3.05, 3.63) is 12.2 Å². The van der Waals surface area contributed by atoms with Crippen LogP contribution in [0.4, 0.5) is 4.39 Å². The molecule has 0 spiro atoms. The summed E-state index contributed by atoms with van der Waals surface area (Å²) in [5.41, 5.74) is -0.427. The molecule has 1 heterocycles. The predicted molar refractivity (Wildman–Crippen MR) is 45.4 cm³/mol. The Morgan fingerprint density at radius 2 is 2.36 bits per heavy atom. The van der Waals surface area contributed by atoms with Crippen molar-refractivity contribution < 1.29 is 4.39 Å². The van der Waals surface area contributed by atoms with Crippen LogP contribution in [-0.4, -0.2) is 30.2 Å². The second-order valence-electron chi connectivity index (χ2n) is 3.36. The summed E-state index contributed by atoms with van der Waals surface area (Å²) in [5.74, 6) is 0. The maximum absolute atomic E-state index is 13.7. The Bertz CT molecular complexity index is 167. The minimum Gasteiger partial charge on any atom is -0.300 e. The third kappa shape index (κ3) is 1.62. The van der Waals surface area contributed by atoms with Gasteiger partial charge in [0.1, 0.15) is 5.67 Å². The van der Waals surface area contributed by atoms with Crippen molar-refractivity contribution in [2.24, 2.45) is 0 Å². The van der Waals surface area contributed by atoms with E-state index in [0.717, 1.165) is 13.1 Å². The van der Waals surface area contributed by atoms with Crippen molar-refractivity contribution in [1.82, 2.24) is 4.90 Å². The van der Waals surface area contributed by atoms with E-state index < -0.39 is 5.67 Å². The highest BCUT2D eigenvalue weighted by Crippen LogP contribution is 2.31. The molecule has 0 bridgehead atoms. The Morgan fingerprint density at radius 1 is 1.73 bits per heavy atom. The molecule has 1 aliphatic heterocycles. The largest absolute Gasteiger partial charge is 0.300 e. The van der Waals surface area contributed by atoms with Gasteiger partial charge in [-0.05, 0) is 25.5 Å². The highest BCUT2D eigenvalue weighted by Gasteiger charge is 2.37. The van der Waals surface area contributed by atoms with E-state index in [1.54, 1.807) is 6.92 Å². The summed E-state index contributed by atoms with van der Waals surface area (Å²) in [7, 11) is 0. The standard InChI is InChI=1S/C9H16FN/c1-4-11-6-5-9(10,7-11)8(2)3/h2,4-7H2,1,3H3. The normalized spacial score (nSPS) is 32.6. The molecule has 11 heavy (non-hydrogen) atoms. The summed E-state index contributed by atoms with van der Waals surface area (Å²) < 4.78 is 13.7. The van der Waals surface area contributed by atoms with Gasteiger partial charge in [0.15, 0.2) is 0 Å². The molecule has 0 aliphatic carbocycles. The van der Waals surface area contributed by atoms with Crippen LogP contribution in [0, 0.1) is 0 Å². The highest BCUT2D eigenvalue weighted by molar-refractivity contribution is 5.14. The number of hydrogen-bond donors (Lipinski definition) is 0. The van der Waals surface area contributed by atoms with Crippen molar-refractivity contribution in [3.63, 3.8) is 0 Å². The van der Waals surface area contributed by atoms with Crippen LogP contribution in [0.2, 0.25) is 0 Å². The fourth-order valence-electron chi connectivity index (χ4n) is 1.47. The monoisotopic (exact) mass is 157 g/mol. The Balaban J connectivity index is 2.57. The molecule has 0 amide bonds. The highest BCUT2D eigenvalue weighted by atomic mass is 19.1. The van der Waals surface area contributed by atoms with Crippen molar-refractivity contribution in [3.8, 4) is 0 Å². The number of likely N-dealkylation sites (tertiary alicyclic amines) is 1. The average Bonchev–Trinajstić information content (AvgIpc) is 2.33. The van der Waals surface area contributed by atoms with Gasteiger partial charge in [0.05, 0.1) is 0 Å². The first-order valence-electron chi connectivity index (χ1n) is 4.16. The van der Waals surface area contributed by atoms with Crippen LogP contribution in [0.5, 0.6) is 0 Å². The summed E-state index contributed by atoms with van der Waals surface area (Å²) in [6.45, 7) is 9.87. The molecule has 1 atom stereocenters. The van der Waals surface area contributed by atoms with Crippen LogP contribution in [0.25, 0.3) is 0 Å². The molecule has 0 aromatic heterocycles. The fourth-order valence-corrected chi connectivity index (χ4v) is 1.47. The summed E-state index contributed by atoms with van der Waals surface area (Å²) >= 11 is 0. The molecule has 1 nitrogen and oxygen atoms in total. The van der Waals surface area contributed by atoms with Crippen LogP contribution in [0.1, 0.15) is 20.3 Å². The zero-order valence-electron chi connectivity index (χ0n) is 7.36. The Hall–Kier alpha value is -0.370. The van der Waals surface area contributed by atoms with Gasteiger partial charge in [-0.25, -0.2) is 4.39 Å². The summed E-state index contributed by atoms with van der Waals surface area (Å²) in [5, 5.41) is 0. The van der Waals surface area contributed by atoms with Gasteiger partial charge < -0.3 is 0 Å². The molecule has 0 aromatic carbocycles. The van der Waals surface area contributed by atoms with Gasteiger partial charge in [0, 0.05) is 13.1 Å². The minimum absolute atomic E-state index is 0.541. The van der Waals surface area contributed by atoms with E-state index in [0.29, 0.717) is 18.5 Å². The summed E-state index contributed by atoms with van der Waals surface area (Å²) in [6, 6.07) is 0. The van der Waals surface area contributed by atoms with Crippen LogP contribution < -0.4 is 0 Å². The number of alkyl halides is 1. The second kappa shape index (κ2) is 2.94. The lowest BCUT2D eigenvalue weighted by Crippen LogP contribution is -2.29. The average molecular weight is 157 g/mol. The minimum atomic E-state index is -1.10. The van der Waals surface area contributed by atoms with E-state index in [1.807, 2.05) is 0 Å². The van der Waals surface area contributed by atoms with Crippen molar-refractivity contribution in [1.29, 1.82) is 0 Å². The lowest BCUT2D eigenvalue weighted by atomic mass is 9.98. The Kier molecular flexibility index (Phi) is 2.33.